The van der Waals surface area contributed by atoms with Crippen LogP contribution in [-0.2, 0) is 20.4 Å². The molecule has 4 saturated carbocycles. The number of carbonyl (C=O) groups excluding carboxylic acids is 2. The number of benzene rings is 3. The van der Waals surface area contributed by atoms with Crippen LogP contribution >= 0.6 is 0 Å². The minimum atomic E-state index is -0.116. The molecular weight excluding hydrogens is 588 g/mol. The van der Waals surface area contributed by atoms with E-state index in [1.54, 1.807) is 0 Å². The van der Waals surface area contributed by atoms with Crippen LogP contribution in [0.1, 0.15) is 82.9 Å². The van der Waals surface area contributed by atoms with Gasteiger partial charge in [-0.25, -0.2) is 0 Å². The minimum absolute atomic E-state index is 0.0185. The van der Waals surface area contributed by atoms with Gasteiger partial charge in [-0.1, -0.05) is 88.4 Å². The highest BCUT2D eigenvalue weighted by Gasteiger charge is 2.67. The Labute approximate surface area is 284 Å². The van der Waals surface area contributed by atoms with Gasteiger partial charge in [0.25, 0.3) is 0 Å². The van der Waals surface area contributed by atoms with Crippen LogP contribution in [0, 0.1) is 35.5 Å². The van der Waals surface area contributed by atoms with E-state index in [0.29, 0.717) is 11.6 Å². The van der Waals surface area contributed by atoms with E-state index < -0.39 is 0 Å². The molecular formula is C44H46N2O2. The minimum Gasteiger partial charge on any atom is -0.338 e. The SMILES string of the molecule is CC1(C)C2=C(C=CCC2)N(C2CC3C(=O)C4CC(N5c6ccccc6C(C)(C)c6ccccc65)CC5C(=O)C(C2)C3C45)c2ccccc21. The summed E-state index contributed by atoms with van der Waals surface area (Å²) in [6.07, 6.45) is 10.2. The second-order valence-corrected chi connectivity index (χ2v) is 17.0. The molecule has 4 fully saturated rings. The number of hydrogen-bond donors (Lipinski definition) is 0. The fraction of sp³-hybridized carbons (Fsp3) is 0.455. The highest BCUT2D eigenvalue weighted by Crippen LogP contribution is 2.64. The van der Waals surface area contributed by atoms with Crippen LogP contribution < -0.4 is 9.80 Å². The molecule has 0 radical (unpaired) electrons. The lowest BCUT2D eigenvalue weighted by atomic mass is 9.68. The van der Waals surface area contributed by atoms with Crippen LogP contribution in [0.25, 0.3) is 0 Å². The van der Waals surface area contributed by atoms with Gasteiger partial charge >= 0.3 is 0 Å². The van der Waals surface area contributed by atoms with Gasteiger partial charge in [-0.3, -0.25) is 9.59 Å². The van der Waals surface area contributed by atoms with Crippen LogP contribution in [0.4, 0.5) is 17.1 Å². The number of carbonyl (C=O) groups is 2. The first-order valence-corrected chi connectivity index (χ1v) is 18.5. The number of fused-ring (bicyclic) bond motifs is 3. The zero-order valence-electron chi connectivity index (χ0n) is 28.7. The van der Waals surface area contributed by atoms with E-state index >= 15 is 0 Å². The van der Waals surface area contributed by atoms with Crippen LogP contribution in [0.5, 0.6) is 0 Å². The van der Waals surface area contributed by atoms with Crippen molar-refractivity contribution >= 4 is 28.6 Å². The molecule has 244 valence electrons. The Balaban J connectivity index is 1.02. The first-order valence-electron chi connectivity index (χ1n) is 18.5. The Morgan fingerprint density at radius 1 is 0.562 bits per heavy atom. The molecule has 2 heterocycles. The number of para-hydroxylation sites is 3. The Bertz CT molecular complexity index is 1880. The van der Waals surface area contributed by atoms with Crippen molar-refractivity contribution in [3.05, 3.63) is 113 Å². The third-order valence-corrected chi connectivity index (χ3v) is 14.3. The molecule has 4 heteroatoms. The highest BCUT2D eigenvalue weighted by molar-refractivity contribution is 5.96. The number of ketones is 2. The molecule has 0 N–H and O–H groups in total. The first-order chi connectivity index (χ1) is 23.2. The lowest BCUT2D eigenvalue weighted by Gasteiger charge is -2.50. The maximum Gasteiger partial charge on any atom is 0.139 e. The maximum atomic E-state index is 14.8. The van der Waals surface area contributed by atoms with Crippen molar-refractivity contribution in [2.45, 2.75) is 89.1 Å². The molecule has 0 spiro atoms. The predicted octanol–water partition coefficient (Wildman–Crippen LogP) is 9.05. The fourth-order valence-electron chi connectivity index (χ4n) is 12.3. The molecule has 2 aliphatic heterocycles. The molecule has 0 saturated heterocycles. The summed E-state index contributed by atoms with van der Waals surface area (Å²) < 4.78 is 0. The van der Waals surface area contributed by atoms with E-state index in [2.05, 4.69) is 122 Å². The summed E-state index contributed by atoms with van der Waals surface area (Å²) in [6, 6.07) is 26.8. The molecule has 0 bridgehead atoms. The van der Waals surface area contributed by atoms with Gasteiger partial charge in [0.05, 0.1) is 0 Å². The molecule has 4 unspecified atom stereocenters. The maximum absolute atomic E-state index is 14.8. The Morgan fingerprint density at radius 3 is 1.48 bits per heavy atom. The molecule has 4 atom stereocenters. The van der Waals surface area contributed by atoms with Crippen LogP contribution in [0.3, 0.4) is 0 Å². The lowest BCUT2D eigenvalue weighted by Crippen LogP contribution is -2.49. The van der Waals surface area contributed by atoms with Crippen molar-refractivity contribution in [1.29, 1.82) is 0 Å². The second kappa shape index (κ2) is 9.83. The monoisotopic (exact) mass is 634 g/mol. The summed E-state index contributed by atoms with van der Waals surface area (Å²) in [6.45, 7) is 9.40. The largest absolute Gasteiger partial charge is 0.338 e. The predicted molar refractivity (Wildman–Crippen MR) is 191 cm³/mol. The molecule has 10 rings (SSSR count). The first kappa shape index (κ1) is 29.0. The average molecular weight is 635 g/mol. The smallest absolute Gasteiger partial charge is 0.139 e. The van der Waals surface area contributed by atoms with E-state index in [9.17, 15) is 9.59 Å². The summed E-state index contributed by atoms with van der Waals surface area (Å²) in [5.74, 6) is 1.28. The molecule has 4 nitrogen and oxygen atoms in total. The van der Waals surface area contributed by atoms with Crippen molar-refractivity contribution in [3.63, 3.8) is 0 Å². The normalized spacial score (nSPS) is 34.8. The topological polar surface area (TPSA) is 40.6 Å². The quantitative estimate of drug-likeness (QED) is 0.282. The van der Waals surface area contributed by atoms with Gasteiger partial charge in [0, 0.05) is 69.3 Å². The number of anilines is 3. The third kappa shape index (κ3) is 3.62. The van der Waals surface area contributed by atoms with E-state index in [4.69, 9.17) is 0 Å². The summed E-state index contributed by atoms with van der Waals surface area (Å²) >= 11 is 0. The zero-order chi connectivity index (χ0) is 32.7. The van der Waals surface area contributed by atoms with Gasteiger partial charge in [0.1, 0.15) is 11.6 Å². The van der Waals surface area contributed by atoms with Crippen molar-refractivity contribution in [1.82, 2.24) is 0 Å². The average Bonchev–Trinajstić information content (AvgIpc) is 3.55. The van der Waals surface area contributed by atoms with E-state index in [0.717, 1.165) is 38.5 Å². The highest BCUT2D eigenvalue weighted by atomic mass is 16.1. The van der Waals surface area contributed by atoms with Crippen LogP contribution in [-0.4, -0.2) is 23.7 Å². The molecule has 3 aromatic carbocycles. The summed E-state index contributed by atoms with van der Waals surface area (Å²) in [4.78, 5) is 34.6. The zero-order valence-corrected chi connectivity index (χ0v) is 28.7. The van der Waals surface area contributed by atoms with Crippen LogP contribution in [0.2, 0.25) is 0 Å². The number of hydrogen-bond acceptors (Lipinski definition) is 4. The lowest BCUT2D eigenvalue weighted by molar-refractivity contribution is -0.132. The molecule has 0 aromatic heterocycles. The molecule has 0 amide bonds. The molecule has 5 aliphatic carbocycles. The number of allylic oxidation sites excluding steroid dienone is 3. The second-order valence-electron chi connectivity index (χ2n) is 17.0. The van der Waals surface area contributed by atoms with E-state index in [1.807, 2.05) is 0 Å². The summed E-state index contributed by atoms with van der Waals surface area (Å²) in [7, 11) is 0. The Morgan fingerprint density at radius 2 is 0.979 bits per heavy atom. The van der Waals surface area contributed by atoms with Crippen molar-refractivity contribution in [3.8, 4) is 0 Å². The van der Waals surface area contributed by atoms with Gasteiger partial charge in [-0.2, -0.15) is 0 Å². The van der Waals surface area contributed by atoms with Gasteiger partial charge in [-0.05, 0) is 96.9 Å². The number of Topliss-reactive ketones (excluding diaryl/α,β-unsaturated/α-hetero) is 2. The standard InChI is InChI=1S/C44H46N2O2/c1-43(2)31-13-5-9-17-35(31)45(36-18-10-6-14-32(36)43)25-21-27-39-28(22-25)42(48)30-24-26(23-29(40(30)39)41(27)47)46-37-19-11-7-15-33(37)44(3,4)34-16-8-12-20-38(34)46/h5-7,9-15,17-20,25-30,39-40H,8,16,21-24H2,1-4H3. The van der Waals surface area contributed by atoms with Crippen molar-refractivity contribution in [2.75, 3.05) is 9.80 Å². The van der Waals surface area contributed by atoms with Gasteiger partial charge in [0.2, 0.25) is 0 Å². The number of nitrogens with zero attached hydrogens (tertiary/aromatic N) is 2. The molecule has 3 aromatic rings. The van der Waals surface area contributed by atoms with Gasteiger partial charge in [-0.15, -0.1) is 0 Å². The Hall–Kier alpha value is -3.92. The Kier molecular flexibility index (Phi) is 5.95. The molecule has 48 heavy (non-hydrogen) atoms. The third-order valence-electron chi connectivity index (χ3n) is 14.3. The van der Waals surface area contributed by atoms with Crippen molar-refractivity contribution < 1.29 is 9.59 Å². The van der Waals surface area contributed by atoms with Crippen molar-refractivity contribution in [2.24, 2.45) is 35.5 Å². The van der Waals surface area contributed by atoms with E-state index in [-0.39, 0.29) is 58.4 Å². The van der Waals surface area contributed by atoms with E-state index in [1.165, 1.54) is 45.0 Å². The summed E-state index contributed by atoms with van der Waals surface area (Å²) in [5, 5.41) is 0. The number of rotatable bonds is 2. The molecule has 7 aliphatic rings. The van der Waals surface area contributed by atoms with Crippen LogP contribution in [0.15, 0.2) is 96.2 Å². The summed E-state index contributed by atoms with van der Waals surface area (Å²) in [5.41, 5.74) is 10.5. The van der Waals surface area contributed by atoms with Gasteiger partial charge in [0.15, 0.2) is 0 Å². The fourth-order valence-corrected chi connectivity index (χ4v) is 12.3. The van der Waals surface area contributed by atoms with Gasteiger partial charge < -0.3 is 9.80 Å².